The first-order valence-corrected chi connectivity index (χ1v) is 7.86. The summed E-state index contributed by atoms with van der Waals surface area (Å²) in [6.45, 7) is 1.40. The molecule has 1 N–H and O–H groups in total. The Bertz CT molecular complexity index is 804. The highest BCUT2D eigenvalue weighted by Crippen LogP contribution is 2.23. The maximum atomic E-state index is 13.6. The average Bonchev–Trinajstić information content (AvgIpc) is 3.06. The number of carbonyl (C=O) groups is 1. The number of ether oxygens (including phenoxy) is 1. The fourth-order valence-corrected chi connectivity index (χ4v) is 2.73. The second-order valence-corrected chi connectivity index (χ2v) is 5.80. The third-order valence-electron chi connectivity index (χ3n) is 4.02. The van der Waals surface area contributed by atoms with Crippen LogP contribution >= 0.6 is 0 Å². The molecular formula is C19H18F2N2O2. The molecule has 0 unspecified atom stereocenters. The summed E-state index contributed by atoms with van der Waals surface area (Å²) < 4.78 is 31.6. The van der Waals surface area contributed by atoms with Crippen molar-refractivity contribution in [1.82, 2.24) is 4.90 Å². The number of nitrogens with one attached hydrogen (secondary N) is 1. The summed E-state index contributed by atoms with van der Waals surface area (Å²) in [4.78, 5) is 14.0. The van der Waals surface area contributed by atoms with Crippen LogP contribution in [0.25, 0.3) is 5.57 Å². The van der Waals surface area contributed by atoms with Crippen LogP contribution in [0.1, 0.15) is 5.56 Å². The second kappa shape index (κ2) is 7.44. The Morgan fingerprint density at radius 3 is 2.64 bits per heavy atom. The number of methoxy groups -OCH3 is 1. The summed E-state index contributed by atoms with van der Waals surface area (Å²) in [5.41, 5.74) is 2.19. The van der Waals surface area contributed by atoms with E-state index in [1.165, 1.54) is 6.07 Å². The Labute approximate surface area is 144 Å². The van der Waals surface area contributed by atoms with Crippen molar-refractivity contribution >= 4 is 17.2 Å². The van der Waals surface area contributed by atoms with Crippen molar-refractivity contribution < 1.29 is 18.3 Å². The van der Waals surface area contributed by atoms with E-state index >= 15 is 0 Å². The third-order valence-corrected chi connectivity index (χ3v) is 4.02. The summed E-state index contributed by atoms with van der Waals surface area (Å²) in [5.74, 6) is -1.01. The van der Waals surface area contributed by atoms with E-state index < -0.39 is 11.6 Å². The Morgan fingerprint density at radius 2 is 1.96 bits per heavy atom. The molecule has 6 heteroatoms. The smallest absolute Gasteiger partial charge is 0.238 e. The average molecular weight is 344 g/mol. The molecule has 0 aliphatic carbocycles. The van der Waals surface area contributed by atoms with Gasteiger partial charge in [-0.05, 0) is 35.4 Å². The van der Waals surface area contributed by atoms with E-state index in [-0.39, 0.29) is 18.1 Å². The van der Waals surface area contributed by atoms with Crippen LogP contribution in [-0.2, 0) is 4.79 Å². The number of carbonyl (C=O) groups excluding carboxylic acids is 1. The third kappa shape index (κ3) is 4.22. The molecule has 0 radical (unpaired) electrons. The molecule has 3 rings (SSSR count). The Balaban J connectivity index is 1.55. The van der Waals surface area contributed by atoms with Gasteiger partial charge in [0, 0.05) is 19.2 Å². The lowest BCUT2D eigenvalue weighted by atomic mass is 10.1. The largest absolute Gasteiger partial charge is 0.497 e. The predicted octanol–water partition coefficient (Wildman–Crippen LogP) is 3.31. The van der Waals surface area contributed by atoms with E-state index in [2.05, 4.69) is 11.4 Å². The number of rotatable bonds is 5. The number of anilines is 1. The molecule has 0 saturated carbocycles. The second-order valence-electron chi connectivity index (χ2n) is 5.80. The van der Waals surface area contributed by atoms with Crippen molar-refractivity contribution in [1.29, 1.82) is 0 Å². The molecule has 0 fully saturated rings. The Kier molecular flexibility index (Phi) is 5.09. The van der Waals surface area contributed by atoms with Crippen molar-refractivity contribution in [2.45, 2.75) is 0 Å². The predicted molar refractivity (Wildman–Crippen MR) is 92.4 cm³/mol. The van der Waals surface area contributed by atoms with E-state index in [0.717, 1.165) is 29.0 Å². The lowest BCUT2D eigenvalue weighted by Gasteiger charge is -2.16. The van der Waals surface area contributed by atoms with Crippen molar-refractivity contribution in [2.75, 3.05) is 32.1 Å². The van der Waals surface area contributed by atoms with Gasteiger partial charge in [0.2, 0.25) is 5.91 Å². The van der Waals surface area contributed by atoms with Crippen LogP contribution in [0.2, 0.25) is 0 Å². The standard InChI is InChI=1S/C19H18F2N2O2/c1-25-16-5-2-13(3-6-16)14-8-9-23(11-14)12-19(24)22-18-7-4-15(20)10-17(18)21/h2-8,10H,9,11-12H2,1H3,(H,22,24). The summed E-state index contributed by atoms with van der Waals surface area (Å²) in [6, 6.07) is 10.8. The first-order valence-electron chi connectivity index (χ1n) is 7.86. The fourth-order valence-electron chi connectivity index (χ4n) is 2.73. The van der Waals surface area contributed by atoms with Gasteiger partial charge in [0.1, 0.15) is 17.4 Å². The van der Waals surface area contributed by atoms with Gasteiger partial charge in [-0.15, -0.1) is 0 Å². The van der Waals surface area contributed by atoms with Crippen LogP contribution in [-0.4, -0.2) is 37.6 Å². The molecule has 1 heterocycles. The maximum Gasteiger partial charge on any atom is 0.238 e. The minimum atomic E-state index is -0.785. The first kappa shape index (κ1) is 17.1. The summed E-state index contributed by atoms with van der Waals surface area (Å²) >= 11 is 0. The van der Waals surface area contributed by atoms with Crippen LogP contribution in [0.3, 0.4) is 0 Å². The number of benzene rings is 2. The van der Waals surface area contributed by atoms with Gasteiger partial charge in [-0.25, -0.2) is 8.78 Å². The molecule has 0 spiro atoms. The minimum absolute atomic E-state index is 0.0195. The van der Waals surface area contributed by atoms with E-state index in [9.17, 15) is 13.6 Å². The van der Waals surface area contributed by atoms with Crippen LogP contribution in [0.4, 0.5) is 14.5 Å². The van der Waals surface area contributed by atoms with E-state index in [1.807, 2.05) is 29.2 Å². The molecule has 130 valence electrons. The summed E-state index contributed by atoms with van der Waals surface area (Å²) in [7, 11) is 1.62. The molecule has 2 aromatic carbocycles. The number of nitrogens with zero attached hydrogens (tertiary/aromatic N) is 1. The molecule has 1 aliphatic heterocycles. The van der Waals surface area contributed by atoms with Crippen LogP contribution < -0.4 is 10.1 Å². The molecular weight excluding hydrogens is 326 g/mol. The Morgan fingerprint density at radius 1 is 1.20 bits per heavy atom. The number of hydrogen-bond donors (Lipinski definition) is 1. The van der Waals surface area contributed by atoms with Gasteiger partial charge in [-0.1, -0.05) is 18.2 Å². The number of amides is 1. The molecule has 2 aromatic rings. The van der Waals surface area contributed by atoms with Crippen molar-refractivity contribution in [3.63, 3.8) is 0 Å². The zero-order chi connectivity index (χ0) is 17.8. The molecule has 1 aliphatic rings. The Hall–Kier alpha value is -2.73. The van der Waals surface area contributed by atoms with Crippen molar-refractivity contribution in [2.24, 2.45) is 0 Å². The van der Waals surface area contributed by atoms with Gasteiger partial charge in [0.15, 0.2) is 0 Å². The summed E-state index contributed by atoms with van der Waals surface area (Å²) in [6.07, 6.45) is 2.06. The van der Waals surface area contributed by atoms with Crippen molar-refractivity contribution in [3.05, 3.63) is 65.7 Å². The normalized spacial score (nSPS) is 14.3. The van der Waals surface area contributed by atoms with Crippen molar-refractivity contribution in [3.8, 4) is 5.75 Å². The van der Waals surface area contributed by atoms with Gasteiger partial charge in [0.25, 0.3) is 0 Å². The van der Waals surface area contributed by atoms with Gasteiger partial charge in [0.05, 0.1) is 19.3 Å². The SMILES string of the molecule is COc1ccc(C2=CCN(CC(=O)Nc3ccc(F)cc3F)C2)cc1. The molecule has 0 atom stereocenters. The van der Waals surface area contributed by atoms with Gasteiger partial charge >= 0.3 is 0 Å². The van der Waals surface area contributed by atoms with Crippen LogP contribution in [0.5, 0.6) is 5.75 Å². The lowest BCUT2D eigenvalue weighted by molar-refractivity contribution is -0.117. The number of hydrogen-bond acceptors (Lipinski definition) is 3. The molecule has 0 saturated heterocycles. The first-order chi connectivity index (χ1) is 12.0. The maximum absolute atomic E-state index is 13.6. The zero-order valence-corrected chi connectivity index (χ0v) is 13.8. The summed E-state index contributed by atoms with van der Waals surface area (Å²) in [5, 5.41) is 2.47. The molecule has 0 bridgehead atoms. The fraction of sp³-hybridized carbons (Fsp3) is 0.211. The topological polar surface area (TPSA) is 41.6 Å². The highest BCUT2D eigenvalue weighted by molar-refractivity contribution is 5.92. The minimum Gasteiger partial charge on any atom is -0.497 e. The molecule has 4 nitrogen and oxygen atoms in total. The molecule has 0 aromatic heterocycles. The van der Waals surface area contributed by atoms with Gasteiger partial charge < -0.3 is 10.1 Å². The van der Waals surface area contributed by atoms with Crippen LogP contribution in [0.15, 0.2) is 48.5 Å². The molecule has 25 heavy (non-hydrogen) atoms. The lowest BCUT2D eigenvalue weighted by Crippen LogP contribution is -2.32. The monoisotopic (exact) mass is 344 g/mol. The van der Waals surface area contributed by atoms with Gasteiger partial charge in [-0.3, -0.25) is 9.69 Å². The van der Waals surface area contributed by atoms with E-state index in [4.69, 9.17) is 4.74 Å². The highest BCUT2D eigenvalue weighted by Gasteiger charge is 2.19. The van der Waals surface area contributed by atoms with Crippen LogP contribution in [0, 0.1) is 11.6 Å². The molecule has 1 amide bonds. The van der Waals surface area contributed by atoms with Gasteiger partial charge in [-0.2, -0.15) is 0 Å². The number of halogens is 2. The van der Waals surface area contributed by atoms with E-state index in [1.54, 1.807) is 7.11 Å². The zero-order valence-electron chi connectivity index (χ0n) is 13.8. The van der Waals surface area contributed by atoms with E-state index in [0.29, 0.717) is 13.1 Å². The quantitative estimate of drug-likeness (QED) is 0.905. The highest BCUT2D eigenvalue weighted by atomic mass is 19.1.